The molecule has 0 spiro atoms. The van der Waals surface area contributed by atoms with E-state index in [1.165, 1.54) is 11.1 Å². The number of fused-ring (bicyclic) bond motifs is 1. The Morgan fingerprint density at radius 1 is 1.21 bits per heavy atom. The second kappa shape index (κ2) is 8.68. The zero-order valence-electron chi connectivity index (χ0n) is 17.5. The second-order valence-corrected chi connectivity index (χ2v) is 7.47. The Morgan fingerprint density at radius 3 is 2.62 bits per heavy atom. The van der Waals surface area contributed by atoms with Crippen LogP contribution >= 0.6 is 0 Å². The standard InChI is InChI=1S/C22H28N2O5/c1-5-28-22(27)29-21-13(2)11-16(17-7-6-8-18(17)21)12-19-14(3)23-24(15(19)4)10-9-20(25)26/h11H,5-10,12H2,1-4H3,(H,25,26). The van der Waals surface area contributed by atoms with Crippen molar-refractivity contribution in [3.05, 3.63) is 45.3 Å². The maximum atomic E-state index is 11.8. The lowest BCUT2D eigenvalue weighted by atomic mass is 9.93. The Morgan fingerprint density at radius 2 is 1.93 bits per heavy atom. The molecule has 1 aliphatic rings. The molecule has 1 N–H and O–H groups in total. The Bertz CT molecular complexity index is 945. The molecule has 156 valence electrons. The summed E-state index contributed by atoms with van der Waals surface area (Å²) in [5.41, 5.74) is 7.53. The summed E-state index contributed by atoms with van der Waals surface area (Å²) in [5.74, 6) is -0.199. The van der Waals surface area contributed by atoms with Crippen molar-refractivity contribution in [2.75, 3.05) is 6.61 Å². The molecule has 0 amide bonds. The fourth-order valence-electron chi connectivity index (χ4n) is 4.13. The molecule has 0 radical (unpaired) electrons. The number of aryl methyl sites for hydroxylation is 3. The van der Waals surface area contributed by atoms with Gasteiger partial charge in [-0.15, -0.1) is 0 Å². The highest BCUT2D eigenvalue weighted by molar-refractivity contribution is 5.67. The number of carboxylic acids is 1. The van der Waals surface area contributed by atoms with Crippen LogP contribution in [0.3, 0.4) is 0 Å². The van der Waals surface area contributed by atoms with Crippen molar-refractivity contribution >= 4 is 12.1 Å². The maximum absolute atomic E-state index is 11.8. The third-order valence-corrected chi connectivity index (χ3v) is 5.51. The van der Waals surface area contributed by atoms with Crippen LogP contribution in [0.4, 0.5) is 4.79 Å². The van der Waals surface area contributed by atoms with Gasteiger partial charge >= 0.3 is 12.1 Å². The van der Waals surface area contributed by atoms with Crippen LogP contribution in [0, 0.1) is 20.8 Å². The molecular weight excluding hydrogens is 372 g/mol. The molecule has 1 aromatic heterocycles. The van der Waals surface area contributed by atoms with E-state index in [-0.39, 0.29) is 13.0 Å². The summed E-state index contributed by atoms with van der Waals surface area (Å²) in [6.07, 6.45) is 2.98. The summed E-state index contributed by atoms with van der Waals surface area (Å²) in [4.78, 5) is 22.7. The zero-order chi connectivity index (χ0) is 21.1. The Balaban J connectivity index is 1.91. The average Bonchev–Trinajstić information content (AvgIpc) is 3.24. The van der Waals surface area contributed by atoms with Gasteiger partial charge < -0.3 is 14.6 Å². The van der Waals surface area contributed by atoms with Crippen molar-refractivity contribution in [2.24, 2.45) is 0 Å². The molecule has 3 rings (SSSR count). The van der Waals surface area contributed by atoms with Gasteiger partial charge in [0.2, 0.25) is 0 Å². The highest BCUT2D eigenvalue weighted by Gasteiger charge is 2.25. The highest BCUT2D eigenvalue weighted by Crippen LogP contribution is 2.37. The van der Waals surface area contributed by atoms with E-state index in [2.05, 4.69) is 11.2 Å². The molecule has 0 saturated heterocycles. The summed E-state index contributed by atoms with van der Waals surface area (Å²) in [6, 6.07) is 2.09. The molecule has 1 aliphatic carbocycles. The van der Waals surface area contributed by atoms with Crippen molar-refractivity contribution in [1.29, 1.82) is 0 Å². The van der Waals surface area contributed by atoms with Gasteiger partial charge in [-0.1, -0.05) is 6.07 Å². The number of nitrogens with zero attached hydrogens (tertiary/aromatic N) is 2. The number of carbonyl (C=O) groups excluding carboxylic acids is 1. The van der Waals surface area contributed by atoms with E-state index >= 15 is 0 Å². The van der Waals surface area contributed by atoms with Crippen LogP contribution in [0.2, 0.25) is 0 Å². The van der Waals surface area contributed by atoms with Crippen molar-refractivity contribution in [3.8, 4) is 5.75 Å². The van der Waals surface area contributed by atoms with Gasteiger partial charge in [0.25, 0.3) is 0 Å². The minimum absolute atomic E-state index is 0.0514. The van der Waals surface area contributed by atoms with Gasteiger partial charge in [0.1, 0.15) is 5.75 Å². The van der Waals surface area contributed by atoms with Gasteiger partial charge in [-0.3, -0.25) is 9.48 Å². The second-order valence-electron chi connectivity index (χ2n) is 7.47. The fraction of sp³-hybridized carbons (Fsp3) is 0.500. The van der Waals surface area contributed by atoms with E-state index in [0.717, 1.165) is 53.8 Å². The number of carboxylic acid groups (broad SMARTS) is 1. The van der Waals surface area contributed by atoms with Crippen LogP contribution in [0.5, 0.6) is 5.75 Å². The third-order valence-electron chi connectivity index (χ3n) is 5.51. The van der Waals surface area contributed by atoms with Crippen LogP contribution in [0.25, 0.3) is 0 Å². The number of hydrogen-bond donors (Lipinski definition) is 1. The smallest absolute Gasteiger partial charge is 0.481 e. The Hall–Kier alpha value is -2.83. The first kappa shape index (κ1) is 20.9. The molecular formula is C22H28N2O5. The summed E-state index contributed by atoms with van der Waals surface area (Å²) in [7, 11) is 0. The van der Waals surface area contributed by atoms with Gasteiger partial charge in [-0.2, -0.15) is 5.10 Å². The Kier molecular flexibility index (Phi) is 6.25. The molecule has 2 aromatic rings. The minimum Gasteiger partial charge on any atom is -0.481 e. The fourth-order valence-corrected chi connectivity index (χ4v) is 4.13. The first-order valence-electron chi connectivity index (χ1n) is 10.0. The molecule has 0 unspecified atom stereocenters. The zero-order valence-corrected chi connectivity index (χ0v) is 17.5. The molecule has 1 heterocycles. The van der Waals surface area contributed by atoms with E-state index in [4.69, 9.17) is 14.6 Å². The van der Waals surface area contributed by atoms with Gasteiger partial charge in [0, 0.05) is 17.7 Å². The summed E-state index contributed by atoms with van der Waals surface area (Å²) in [5, 5.41) is 13.5. The van der Waals surface area contributed by atoms with Crippen LogP contribution in [-0.4, -0.2) is 33.6 Å². The van der Waals surface area contributed by atoms with Crippen molar-refractivity contribution in [1.82, 2.24) is 9.78 Å². The molecule has 0 saturated carbocycles. The number of aromatic nitrogens is 2. The van der Waals surface area contributed by atoms with Crippen molar-refractivity contribution < 1.29 is 24.2 Å². The number of benzene rings is 1. The van der Waals surface area contributed by atoms with Crippen LogP contribution < -0.4 is 4.74 Å². The van der Waals surface area contributed by atoms with Crippen molar-refractivity contribution in [3.63, 3.8) is 0 Å². The van der Waals surface area contributed by atoms with Gasteiger partial charge in [-0.25, -0.2) is 4.79 Å². The molecule has 0 fully saturated rings. The molecule has 7 nitrogen and oxygen atoms in total. The number of aliphatic carboxylic acids is 1. The first-order chi connectivity index (χ1) is 13.8. The number of hydrogen-bond acceptors (Lipinski definition) is 5. The Labute approximate surface area is 170 Å². The van der Waals surface area contributed by atoms with Crippen molar-refractivity contribution in [2.45, 2.75) is 66.3 Å². The average molecular weight is 400 g/mol. The largest absolute Gasteiger partial charge is 0.513 e. The lowest BCUT2D eigenvalue weighted by Gasteiger charge is -2.16. The molecule has 0 bridgehead atoms. The van der Waals surface area contributed by atoms with Crippen LogP contribution in [-0.2, 0) is 35.3 Å². The van der Waals surface area contributed by atoms with E-state index in [1.807, 2.05) is 20.8 Å². The van der Waals surface area contributed by atoms with E-state index in [1.54, 1.807) is 11.6 Å². The summed E-state index contributed by atoms with van der Waals surface area (Å²) < 4.78 is 12.2. The number of ether oxygens (including phenoxy) is 2. The van der Waals surface area contributed by atoms with Gasteiger partial charge in [0.15, 0.2) is 0 Å². The van der Waals surface area contributed by atoms with E-state index in [9.17, 15) is 9.59 Å². The minimum atomic E-state index is -0.829. The predicted octanol–water partition coefficient (Wildman–Crippen LogP) is 3.90. The lowest BCUT2D eigenvalue weighted by Crippen LogP contribution is -2.13. The highest BCUT2D eigenvalue weighted by atomic mass is 16.7. The molecule has 0 aliphatic heterocycles. The lowest BCUT2D eigenvalue weighted by molar-refractivity contribution is -0.137. The normalized spacial score (nSPS) is 12.7. The topological polar surface area (TPSA) is 90.7 Å². The molecule has 1 aromatic carbocycles. The van der Waals surface area contributed by atoms with Crippen LogP contribution in [0.15, 0.2) is 6.07 Å². The predicted molar refractivity (Wildman–Crippen MR) is 108 cm³/mol. The SMILES string of the molecule is CCOC(=O)Oc1c(C)cc(Cc2c(C)nn(CCC(=O)O)c2C)c2c1CCC2. The summed E-state index contributed by atoms with van der Waals surface area (Å²) in [6.45, 7) is 8.30. The van der Waals surface area contributed by atoms with E-state index in [0.29, 0.717) is 12.3 Å². The quantitative estimate of drug-likeness (QED) is 0.560. The molecule has 29 heavy (non-hydrogen) atoms. The van der Waals surface area contributed by atoms with Gasteiger partial charge in [0.05, 0.1) is 25.3 Å². The number of rotatable bonds is 7. The van der Waals surface area contributed by atoms with Crippen LogP contribution in [0.1, 0.15) is 59.0 Å². The maximum Gasteiger partial charge on any atom is 0.513 e. The third kappa shape index (κ3) is 4.44. The summed E-state index contributed by atoms with van der Waals surface area (Å²) >= 11 is 0. The van der Waals surface area contributed by atoms with E-state index < -0.39 is 12.1 Å². The monoisotopic (exact) mass is 400 g/mol. The van der Waals surface area contributed by atoms with Gasteiger partial charge in [-0.05, 0) is 69.2 Å². The first-order valence-corrected chi connectivity index (χ1v) is 10.0. The molecule has 0 atom stereocenters. The number of carbonyl (C=O) groups is 2. The molecule has 7 heteroatoms.